The zero-order valence-electron chi connectivity index (χ0n) is 12.6. The number of benzene rings is 2. The summed E-state index contributed by atoms with van der Waals surface area (Å²) in [7, 11) is 0. The number of nitrogens with zero attached hydrogens (tertiary/aromatic N) is 2. The highest BCUT2D eigenvalue weighted by molar-refractivity contribution is 7.98. The van der Waals surface area contributed by atoms with Crippen LogP contribution in [0.15, 0.2) is 71.3 Å². The maximum atomic E-state index is 5.95. The molecule has 118 valence electrons. The first-order valence-electron chi connectivity index (χ1n) is 7.46. The summed E-state index contributed by atoms with van der Waals surface area (Å²) in [4.78, 5) is 9.99. The summed E-state index contributed by atoms with van der Waals surface area (Å²) < 4.78 is 0. The van der Waals surface area contributed by atoms with Crippen molar-refractivity contribution in [3.63, 3.8) is 0 Å². The Morgan fingerprint density at radius 2 is 1.75 bits per heavy atom. The standard InChI is InChI=1S/C19H13ClN2S2/c20-15-8-6-13(7-9-15)10-23-18-17-16(14-4-2-1-3-5-14)11-24-19(17)22-12-21-18/h1-9,11-12H,10H2. The summed E-state index contributed by atoms with van der Waals surface area (Å²) in [6.07, 6.45) is 1.65. The van der Waals surface area contributed by atoms with Crippen molar-refractivity contribution in [3.8, 4) is 11.1 Å². The van der Waals surface area contributed by atoms with Crippen LogP contribution in [0.25, 0.3) is 21.3 Å². The number of rotatable bonds is 4. The van der Waals surface area contributed by atoms with Gasteiger partial charge >= 0.3 is 0 Å². The molecule has 2 aromatic carbocycles. The van der Waals surface area contributed by atoms with Gasteiger partial charge < -0.3 is 0 Å². The van der Waals surface area contributed by atoms with Crippen molar-refractivity contribution < 1.29 is 0 Å². The molecule has 0 aliphatic carbocycles. The van der Waals surface area contributed by atoms with Gasteiger partial charge in [-0.3, -0.25) is 0 Å². The molecule has 2 nitrogen and oxygen atoms in total. The maximum absolute atomic E-state index is 5.95. The summed E-state index contributed by atoms with van der Waals surface area (Å²) in [5.74, 6) is 0.855. The van der Waals surface area contributed by atoms with E-state index in [1.54, 1.807) is 29.4 Å². The van der Waals surface area contributed by atoms with Crippen molar-refractivity contribution in [2.45, 2.75) is 10.8 Å². The number of thiophene rings is 1. The highest BCUT2D eigenvalue weighted by Crippen LogP contribution is 2.38. The van der Waals surface area contributed by atoms with E-state index >= 15 is 0 Å². The van der Waals surface area contributed by atoms with Gasteiger partial charge in [0.1, 0.15) is 16.2 Å². The molecular weight excluding hydrogens is 356 g/mol. The molecular formula is C19H13ClN2S2. The fourth-order valence-corrected chi connectivity index (χ4v) is 4.59. The zero-order valence-corrected chi connectivity index (χ0v) is 15.0. The smallest absolute Gasteiger partial charge is 0.128 e. The van der Waals surface area contributed by atoms with Gasteiger partial charge in [0, 0.05) is 21.7 Å². The number of thioether (sulfide) groups is 1. The van der Waals surface area contributed by atoms with Gasteiger partial charge in [0.15, 0.2) is 0 Å². The fourth-order valence-electron chi connectivity index (χ4n) is 2.52. The first-order chi connectivity index (χ1) is 11.8. The Hall–Kier alpha value is -1.88. The molecule has 0 saturated carbocycles. The van der Waals surface area contributed by atoms with Crippen LogP contribution in [0.3, 0.4) is 0 Å². The first kappa shape index (κ1) is 15.6. The van der Waals surface area contributed by atoms with E-state index in [4.69, 9.17) is 11.6 Å². The topological polar surface area (TPSA) is 25.8 Å². The number of fused-ring (bicyclic) bond motifs is 1. The van der Waals surface area contributed by atoms with Gasteiger partial charge in [-0.05, 0) is 23.3 Å². The highest BCUT2D eigenvalue weighted by atomic mass is 35.5. The number of hydrogen-bond acceptors (Lipinski definition) is 4. The van der Waals surface area contributed by atoms with Gasteiger partial charge in [0.2, 0.25) is 0 Å². The lowest BCUT2D eigenvalue weighted by atomic mass is 10.1. The van der Waals surface area contributed by atoms with Crippen LogP contribution in [-0.4, -0.2) is 9.97 Å². The third kappa shape index (κ3) is 3.18. The summed E-state index contributed by atoms with van der Waals surface area (Å²) in [6, 6.07) is 18.4. The third-order valence-electron chi connectivity index (χ3n) is 3.71. The predicted molar refractivity (Wildman–Crippen MR) is 104 cm³/mol. The molecule has 4 aromatic rings. The second kappa shape index (κ2) is 6.93. The van der Waals surface area contributed by atoms with Gasteiger partial charge in [-0.2, -0.15) is 0 Å². The summed E-state index contributed by atoms with van der Waals surface area (Å²) >= 11 is 9.35. The Balaban J connectivity index is 1.70. The molecule has 0 aliphatic heterocycles. The summed E-state index contributed by atoms with van der Waals surface area (Å²) in [5, 5.41) is 5.10. The van der Waals surface area contributed by atoms with E-state index in [1.165, 1.54) is 16.7 Å². The van der Waals surface area contributed by atoms with E-state index in [-0.39, 0.29) is 0 Å². The van der Waals surface area contributed by atoms with Crippen LogP contribution >= 0.6 is 34.7 Å². The Morgan fingerprint density at radius 3 is 2.54 bits per heavy atom. The second-order valence-electron chi connectivity index (χ2n) is 5.29. The molecule has 2 heterocycles. The molecule has 2 aromatic heterocycles. The molecule has 0 N–H and O–H groups in total. The number of hydrogen-bond donors (Lipinski definition) is 0. The van der Waals surface area contributed by atoms with Crippen molar-refractivity contribution in [2.75, 3.05) is 0 Å². The molecule has 0 saturated heterocycles. The molecule has 0 radical (unpaired) electrons. The average Bonchev–Trinajstić information content (AvgIpc) is 3.07. The SMILES string of the molecule is Clc1ccc(CSc2ncnc3scc(-c4ccccc4)c23)cc1. The minimum absolute atomic E-state index is 0.761. The van der Waals surface area contributed by atoms with Gasteiger partial charge in [-0.1, -0.05) is 54.1 Å². The molecule has 4 rings (SSSR count). The van der Waals surface area contributed by atoms with Crippen LogP contribution in [0, 0.1) is 0 Å². The van der Waals surface area contributed by atoms with Gasteiger partial charge in [-0.25, -0.2) is 9.97 Å². The number of aromatic nitrogens is 2. The van der Waals surface area contributed by atoms with Crippen molar-refractivity contribution in [2.24, 2.45) is 0 Å². The van der Waals surface area contributed by atoms with E-state index in [2.05, 4.69) is 51.7 Å². The molecule has 5 heteroatoms. The van der Waals surface area contributed by atoms with Gasteiger partial charge in [0.05, 0.1) is 5.39 Å². The minimum atomic E-state index is 0.761. The quantitative estimate of drug-likeness (QED) is 0.312. The molecule has 0 spiro atoms. The monoisotopic (exact) mass is 368 g/mol. The maximum Gasteiger partial charge on any atom is 0.128 e. The zero-order chi connectivity index (χ0) is 16.4. The van der Waals surface area contributed by atoms with Crippen LogP contribution < -0.4 is 0 Å². The Kier molecular flexibility index (Phi) is 4.52. The average molecular weight is 369 g/mol. The summed E-state index contributed by atoms with van der Waals surface area (Å²) in [5.41, 5.74) is 3.63. The van der Waals surface area contributed by atoms with Crippen molar-refractivity contribution >= 4 is 44.9 Å². The summed E-state index contributed by atoms with van der Waals surface area (Å²) in [6.45, 7) is 0. The lowest BCUT2D eigenvalue weighted by Crippen LogP contribution is -1.87. The largest absolute Gasteiger partial charge is 0.229 e. The molecule has 0 aliphatic rings. The van der Waals surface area contributed by atoms with Crippen LogP contribution in [-0.2, 0) is 5.75 Å². The molecule has 24 heavy (non-hydrogen) atoms. The molecule has 0 fully saturated rings. The minimum Gasteiger partial charge on any atom is -0.229 e. The van der Waals surface area contributed by atoms with Crippen LogP contribution in [0.5, 0.6) is 0 Å². The van der Waals surface area contributed by atoms with Crippen molar-refractivity contribution in [1.82, 2.24) is 9.97 Å². The van der Waals surface area contributed by atoms with Crippen molar-refractivity contribution in [3.05, 3.63) is 76.9 Å². The molecule has 0 amide bonds. The molecule has 0 atom stereocenters. The van der Waals surface area contributed by atoms with E-state index < -0.39 is 0 Å². The van der Waals surface area contributed by atoms with Gasteiger partial charge in [0.25, 0.3) is 0 Å². The van der Waals surface area contributed by atoms with Crippen LogP contribution in [0.4, 0.5) is 0 Å². The Labute approximate surface area is 153 Å². The lowest BCUT2D eigenvalue weighted by Gasteiger charge is -2.05. The van der Waals surface area contributed by atoms with E-state index in [0.29, 0.717) is 0 Å². The highest BCUT2D eigenvalue weighted by Gasteiger charge is 2.13. The Morgan fingerprint density at radius 1 is 0.958 bits per heavy atom. The molecule has 0 unspecified atom stereocenters. The second-order valence-corrected chi connectivity index (χ2v) is 7.55. The third-order valence-corrected chi connectivity index (χ3v) is 5.91. The molecule has 0 bridgehead atoms. The predicted octanol–water partition coefficient (Wildman–Crippen LogP) is 6.30. The first-order valence-corrected chi connectivity index (χ1v) is 9.70. The lowest BCUT2D eigenvalue weighted by molar-refractivity contribution is 1.11. The fraction of sp³-hybridized carbons (Fsp3) is 0.0526. The Bertz CT molecular complexity index is 966. The van der Waals surface area contributed by atoms with Crippen LogP contribution in [0.1, 0.15) is 5.56 Å². The van der Waals surface area contributed by atoms with E-state index in [0.717, 1.165) is 26.0 Å². The van der Waals surface area contributed by atoms with Crippen LogP contribution in [0.2, 0.25) is 5.02 Å². The number of halogens is 1. The normalized spacial score (nSPS) is 11.0. The van der Waals surface area contributed by atoms with Gasteiger partial charge in [-0.15, -0.1) is 23.1 Å². The van der Waals surface area contributed by atoms with Crippen molar-refractivity contribution in [1.29, 1.82) is 0 Å². The van der Waals surface area contributed by atoms with E-state index in [1.807, 2.05) is 18.2 Å². The van der Waals surface area contributed by atoms with E-state index in [9.17, 15) is 0 Å².